The van der Waals surface area contributed by atoms with Crippen molar-refractivity contribution >= 4 is 44.5 Å². The van der Waals surface area contributed by atoms with Gasteiger partial charge in [-0.1, -0.05) is 67.9 Å². The second-order valence-corrected chi connectivity index (χ2v) is 13.4. The average Bonchev–Trinajstić information content (AvgIpc) is 3.54. The number of nitrogens with one attached hydrogen (secondary N) is 2. The number of rotatable bonds is 13. The molecule has 0 radical (unpaired) electrons. The number of aromatic nitrogens is 2. The molecule has 244 valence electrons. The van der Waals surface area contributed by atoms with Gasteiger partial charge in [0.25, 0.3) is 15.9 Å². The molecule has 10 nitrogen and oxygen atoms in total. The van der Waals surface area contributed by atoms with Crippen LogP contribution in [0.15, 0.2) is 94.5 Å². The van der Waals surface area contributed by atoms with Gasteiger partial charge >= 0.3 is 0 Å². The van der Waals surface area contributed by atoms with Crippen molar-refractivity contribution in [2.24, 2.45) is 5.92 Å². The lowest BCUT2D eigenvalue weighted by molar-refractivity contribution is -0.119. The molecule has 0 bridgehead atoms. The van der Waals surface area contributed by atoms with Crippen molar-refractivity contribution in [3.63, 3.8) is 0 Å². The quantitative estimate of drug-likeness (QED) is 0.143. The van der Waals surface area contributed by atoms with E-state index in [1.165, 1.54) is 24.3 Å². The van der Waals surface area contributed by atoms with Gasteiger partial charge in [-0.15, -0.1) is 0 Å². The van der Waals surface area contributed by atoms with Crippen LogP contribution in [0, 0.1) is 11.7 Å². The van der Waals surface area contributed by atoms with Gasteiger partial charge in [0, 0.05) is 12.0 Å². The van der Waals surface area contributed by atoms with Crippen LogP contribution in [0.1, 0.15) is 59.8 Å². The number of hydrogen-bond donors (Lipinski definition) is 2. The highest BCUT2D eigenvalue weighted by molar-refractivity contribution is 7.90. The van der Waals surface area contributed by atoms with Crippen LogP contribution in [-0.4, -0.2) is 30.5 Å². The summed E-state index contributed by atoms with van der Waals surface area (Å²) in [5.41, 5.74) is 2.23. The van der Waals surface area contributed by atoms with Gasteiger partial charge in [-0.2, -0.15) is 0 Å². The molecule has 4 aromatic carbocycles. The van der Waals surface area contributed by atoms with E-state index in [0.29, 0.717) is 28.9 Å². The lowest BCUT2D eigenvalue weighted by Gasteiger charge is -2.22. The lowest BCUT2D eigenvalue weighted by atomic mass is 9.95. The number of ether oxygens (including phenoxy) is 1. The van der Waals surface area contributed by atoms with Crippen molar-refractivity contribution in [1.82, 2.24) is 20.4 Å². The first-order valence-electron chi connectivity index (χ1n) is 14.8. The molecule has 0 saturated carbocycles. The number of carbonyl (C=O) groups excluding carboxylic acids is 2. The summed E-state index contributed by atoms with van der Waals surface area (Å²) in [5.74, 6) is -0.692. The minimum absolute atomic E-state index is 0.0467. The minimum atomic E-state index is -4.35. The molecule has 0 aliphatic heterocycles. The fraction of sp³-hybridized carbons (Fsp3) is 0.235. The maximum Gasteiger partial charge on any atom is 0.266 e. The van der Waals surface area contributed by atoms with Gasteiger partial charge in [0.1, 0.15) is 23.1 Å². The van der Waals surface area contributed by atoms with E-state index >= 15 is 0 Å². The van der Waals surface area contributed by atoms with Gasteiger partial charge in [0.2, 0.25) is 5.91 Å². The highest BCUT2D eigenvalue weighted by atomic mass is 35.5. The van der Waals surface area contributed by atoms with Crippen LogP contribution in [0.5, 0.6) is 5.75 Å². The fourth-order valence-electron chi connectivity index (χ4n) is 5.04. The highest BCUT2D eigenvalue weighted by Gasteiger charge is 2.25. The molecule has 0 aliphatic carbocycles. The zero-order valence-corrected chi connectivity index (χ0v) is 27.1. The van der Waals surface area contributed by atoms with E-state index in [0.717, 1.165) is 5.56 Å². The molecule has 47 heavy (non-hydrogen) atoms. The number of halogens is 2. The third kappa shape index (κ3) is 8.52. The van der Waals surface area contributed by atoms with Crippen LogP contribution in [0.2, 0.25) is 5.02 Å². The van der Waals surface area contributed by atoms with E-state index < -0.39 is 27.9 Å². The van der Waals surface area contributed by atoms with Gasteiger partial charge in [-0.05, 0) is 88.2 Å². The Morgan fingerprint density at radius 2 is 1.68 bits per heavy atom. The summed E-state index contributed by atoms with van der Waals surface area (Å²) in [4.78, 5) is 26.5. The Hall–Kier alpha value is -4.81. The Labute approximate surface area is 276 Å². The summed E-state index contributed by atoms with van der Waals surface area (Å²) >= 11 is 6.04. The van der Waals surface area contributed by atoms with Crippen LogP contribution in [0.25, 0.3) is 11.0 Å². The molecule has 1 aromatic heterocycles. The van der Waals surface area contributed by atoms with E-state index in [1.54, 1.807) is 30.3 Å². The second-order valence-electron chi connectivity index (χ2n) is 11.3. The van der Waals surface area contributed by atoms with Crippen molar-refractivity contribution in [3.05, 3.63) is 118 Å². The normalized spacial score (nSPS) is 12.2. The maximum absolute atomic E-state index is 13.9. The maximum atomic E-state index is 13.9. The fourth-order valence-corrected chi connectivity index (χ4v) is 6.38. The molecule has 0 spiro atoms. The van der Waals surface area contributed by atoms with Crippen molar-refractivity contribution in [2.45, 2.75) is 50.7 Å². The Balaban J connectivity index is 1.36. The summed E-state index contributed by atoms with van der Waals surface area (Å²) in [6.45, 7) is 4.23. The zero-order valence-electron chi connectivity index (χ0n) is 25.6. The third-order valence-electron chi connectivity index (χ3n) is 7.34. The molecule has 1 atom stereocenters. The molecule has 0 saturated heterocycles. The summed E-state index contributed by atoms with van der Waals surface area (Å²) in [6.07, 6.45) is 0.403. The molecule has 2 N–H and O–H groups in total. The molecule has 0 fully saturated rings. The number of aryl methyl sites for hydroxylation is 1. The number of nitrogens with zero attached hydrogens (tertiary/aromatic N) is 2. The van der Waals surface area contributed by atoms with Crippen LogP contribution >= 0.6 is 11.6 Å². The van der Waals surface area contributed by atoms with Crippen LogP contribution in [0.4, 0.5) is 4.39 Å². The molecule has 1 unspecified atom stereocenters. The number of benzene rings is 4. The predicted molar refractivity (Wildman–Crippen MR) is 174 cm³/mol. The first kappa shape index (κ1) is 33.6. The molecule has 1 heterocycles. The van der Waals surface area contributed by atoms with Crippen molar-refractivity contribution in [2.75, 3.05) is 0 Å². The number of fused-ring (bicyclic) bond motifs is 1. The third-order valence-corrected chi connectivity index (χ3v) is 9.05. The highest BCUT2D eigenvalue weighted by Crippen LogP contribution is 2.27. The molecule has 5 rings (SSSR count). The predicted octanol–water partition coefficient (Wildman–Crippen LogP) is 6.55. The zero-order chi connectivity index (χ0) is 33.6. The lowest BCUT2D eigenvalue weighted by Crippen LogP contribution is -2.32. The topological polar surface area (TPSA) is 140 Å². The van der Waals surface area contributed by atoms with Crippen LogP contribution in [-0.2, 0) is 27.8 Å². The average molecular weight is 679 g/mol. The van der Waals surface area contributed by atoms with Gasteiger partial charge < -0.3 is 10.1 Å². The Morgan fingerprint density at radius 3 is 2.40 bits per heavy atom. The van der Waals surface area contributed by atoms with Gasteiger partial charge in [0.15, 0.2) is 11.0 Å². The first-order chi connectivity index (χ1) is 22.5. The van der Waals surface area contributed by atoms with E-state index in [9.17, 15) is 22.4 Å². The minimum Gasteiger partial charge on any atom is -0.489 e. The summed E-state index contributed by atoms with van der Waals surface area (Å²) < 4.78 is 52.4. The number of sulfonamides is 1. The monoisotopic (exact) mass is 678 g/mol. The molecule has 2 amide bonds. The Morgan fingerprint density at radius 1 is 0.957 bits per heavy atom. The summed E-state index contributed by atoms with van der Waals surface area (Å²) in [7, 11) is -4.35. The first-order valence-corrected chi connectivity index (χ1v) is 16.7. The van der Waals surface area contributed by atoms with Crippen molar-refractivity contribution < 1.29 is 31.8 Å². The van der Waals surface area contributed by atoms with Crippen molar-refractivity contribution in [3.8, 4) is 5.75 Å². The number of hydrogen-bond acceptors (Lipinski definition) is 8. The largest absolute Gasteiger partial charge is 0.489 e. The number of carbonyl (C=O) groups is 2. The molecule has 13 heteroatoms. The second kappa shape index (κ2) is 14.7. The number of amides is 2. The van der Waals surface area contributed by atoms with Crippen LogP contribution < -0.4 is 14.8 Å². The summed E-state index contributed by atoms with van der Waals surface area (Å²) in [6, 6.07) is 22.5. The van der Waals surface area contributed by atoms with E-state index in [2.05, 4.69) is 25.0 Å². The summed E-state index contributed by atoms with van der Waals surface area (Å²) in [5, 5.41) is 10.4. The molecular weight excluding hydrogens is 647 g/mol. The van der Waals surface area contributed by atoms with E-state index in [-0.39, 0.29) is 52.1 Å². The SMILES string of the molecule is CC(C)CC(NC(=O)c1cc(COc2ccccc2)ccc1CCC(=O)NS(=O)(=O)c1ccc(Cl)c2nonc12)c1ccc(F)cc1. The Bertz CT molecular complexity index is 1990. The number of para-hydroxylation sites is 1. The smallest absolute Gasteiger partial charge is 0.266 e. The standard InChI is InChI=1S/C34H32ClFN4O6S/c1-21(2)18-29(24-10-13-25(36)14-11-24)37-34(42)27-19-22(20-45-26-6-4-3-5-7-26)8-9-23(27)12-17-31(41)40-47(43,44)30-16-15-28(35)32-33(30)39-46-38-32/h3-11,13-16,19,21,29H,12,17-18,20H2,1-2H3,(H,37,42)(H,40,41). The molecule has 5 aromatic rings. The van der Waals surface area contributed by atoms with Crippen LogP contribution in [0.3, 0.4) is 0 Å². The van der Waals surface area contributed by atoms with E-state index in [4.69, 9.17) is 16.3 Å². The molecule has 0 aliphatic rings. The molecular formula is C34H32ClFN4O6S. The Kier molecular flexibility index (Phi) is 10.5. The van der Waals surface area contributed by atoms with Gasteiger partial charge in [-0.3, -0.25) is 9.59 Å². The van der Waals surface area contributed by atoms with Gasteiger partial charge in [0.05, 0.1) is 11.1 Å². The van der Waals surface area contributed by atoms with E-state index in [1.807, 2.05) is 44.2 Å². The van der Waals surface area contributed by atoms with Crippen molar-refractivity contribution in [1.29, 1.82) is 0 Å². The van der Waals surface area contributed by atoms with Gasteiger partial charge in [-0.25, -0.2) is 22.2 Å².